The summed E-state index contributed by atoms with van der Waals surface area (Å²) in [5.41, 5.74) is 1.74. The van der Waals surface area contributed by atoms with E-state index in [1.165, 1.54) is 5.56 Å². The standard InChI is InChI=1S/C20H21BrN2O3/c1-26-18-7-5-14(6-8-18)16-9-10-23(13-16)19(24)12-22-20(25)15-3-2-4-17(21)11-15/h2-8,11,16H,9-10,12-13H2,1H3,(H,22,25). The third-order valence-electron chi connectivity index (χ3n) is 4.62. The Morgan fingerprint density at radius 2 is 2.00 bits per heavy atom. The molecule has 2 amide bonds. The Balaban J connectivity index is 1.52. The van der Waals surface area contributed by atoms with E-state index in [4.69, 9.17) is 4.74 Å². The second-order valence-electron chi connectivity index (χ2n) is 6.29. The van der Waals surface area contributed by atoms with E-state index in [2.05, 4.69) is 21.2 Å². The molecule has 1 unspecified atom stereocenters. The van der Waals surface area contributed by atoms with Gasteiger partial charge in [-0.15, -0.1) is 0 Å². The van der Waals surface area contributed by atoms with Gasteiger partial charge in [0.15, 0.2) is 0 Å². The molecule has 1 N–H and O–H groups in total. The summed E-state index contributed by atoms with van der Waals surface area (Å²) in [6.07, 6.45) is 0.928. The molecule has 3 rings (SSSR count). The zero-order valence-corrected chi connectivity index (χ0v) is 16.2. The molecule has 136 valence electrons. The predicted molar refractivity (Wildman–Crippen MR) is 103 cm³/mol. The molecule has 0 radical (unpaired) electrons. The predicted octanol–water partition coefficient (Wildman–Crippen LogP) is 3.20. The lowest BCUT2D eigenvalue weighted by Gasteiger charge is -2.17. The summed E-state index contributed by atoms with van der Waals surface area (Å²) < 4.78 is 6.01. The van der Waals surface area contributed by atoms with Gasteiger partial charge in [0.2, 0.25) is 5.91 Å². The minimum atomic E-state index is -0.245. The SMILES string of the molecule is COc1ccc(C2CCN(C(=O)CNC(=O)c3cccc(Br)c3)C2)cc1. The number of nitrogens with one attached hydrogen (secondary N) is 1. The Bertz CT molecular complexity index is 792. The fourth-order valence-corrected chi connectivity index (χ4v) is 3.53. The van der Waals surface area contributed by atoms with Crippen molar-refractivity contribution in [2.24, 2.45) is 0 Å². The molecule has 1 atom stereocenters. The monoisotopic (exact) mass is 416 g/mol. The fourth-order valence-electron chi connectivity index (χ4n) is 3.13. The molecule has 6 heteroatoms. The van der Waals surface area contributed by atoms with Crippen molar-refractivity contribution in [1.29, 1.82) is 0 Å². The van der Waals surface area contributed by atoms with Gasteiger partial charge in [-0.25, -0.2) is 0 Å². The lowest BCUT2D eigenvalue weighted by Crippen LogP contribution is -2.39. The molecule has 1 saturated heterocycles. The third kappa shape index (κ3) is 4.43. The van der Waals surface area contributed by atoms with Gasteiger partial charge < -0.3 is 15.0 Å². The molecule has 5 nitrogen and oxygen atoms in total. The molecule has 2 aromatic carbocycles. The summed E-state index contributed by atoms with van der Waals surface area (Å²) in [7, 11) is 1.65. The second-order valence-corrected chi connectivity index (χ2v) is 7.21. The number of carbonyl (C=O) groups excluding carboxylic acids is 2. The fraction of sp³-hybridized carbons (Fsp3) is 0.300. The van der Waals surface area contributed by atoms with E-state index in [1.807, 2.05) is 35.2 Å². The summed E-state index contributed by atoms with van der Waals surface area (Å²) >= 11 is 3.34. The molecule has 0 aromatic heterocycles. The summed E-state index contributed by atoms with van der Waals surface area (Å²) in [5.74, 6) is 0.857. The van der Waals surface area contributed by atoms with Gasteiger partial charge in [0.1, 0.15) is 5.75 Å². The zero-order valence-electron chi connectivity index (χ0n) is 14.6. The van der Waals surface area contributed by atoms with Crippen LogP contribution in [-0.4, -0.2) is 43.5 Å². The molecule has 0 aliphatic carbocycles. The first-order valence-corrected chi connectivity index (χ1v) is 9.31. The molecule has 1 aliphatic rings. The molecule has 1 heterocycles. The number of benzene rings is 2. The lowest BCUT2D eigenvalue weighted by atomic mass is 9.98. The van der Waals surface area contributed by atoms with Crippen molar-refractivity contribution in [2.45, 2.75) is 12.3 Å². The van der Waals surface area contributed by atoms with E-state index in [0.29, 0.717) is 24.6 Å². The van der Waals surface area contributed by atoms with Crippen molar-refractivity contribution >= 4 is 27.7 Å². The van der Waals surface area contributed by atoms with Crippen LogP contribution < -0.4 is 10.1 Å². The van der Waals surface area contributed by atoms with Gasteiger partial charge in [-0.05, 0) is 42.3 Å². The van der Waals surface area contributed by atoms with Gasteiger partial charge in [-0.2, -0.15) is 0 Å². The smallest absolute Gasteiger partial charge is 0.251 e. The van der Waals surface area contributed by atoms with Crippen molar-refractivity contribution in [3.63, 3.8) is 0 Å². The van der Waals surface area contributed by atoms with E-state index < -0.39 is 0 Å². The van der Waals surface area contributed by atoms with Crippen LogP contribution in [0, 0.1) is 0 Å². The number of rotatable bonds is 5. The number of hydrogen-bond donors (Lipinski definition) is 1. The summed E-state index contributed by atoms with van der Waals surface area (Å²) in [4.78, 5) is 26.4. The Morgan fingerprint density at radius 1 is 1.23 bits per heavy atom. The first-order valence-electron chi connectivity index (χ1n) is 8.52. The van der Waals surface area contributed by atoms with Crippen LogP contribution in [-0.2, 0) is 4.79 Å². The number of hydrogen-bond acceptors (Lipinski definition) is 3. The van der Waals surface area contributed by atoms with Crippen molar-refractivity contribution < 1.29 is 14.3 Å². The average Bonchev–Trinajstić information content (AvgIpc) is 3.16. The van der Waals surface area contributed by atoms with Crippen LogP contribution in [0.1, 0.15) is 28.3 Å². The van der Waals surface area contributed by atoms with Gasteiger partial charge in [0.25, 0.3) is 5.91 Å². The van der Waals surface area contributed by atoms with Crippen LogP contribution in [0.15, 0.2) is 53.0 Å². The molecular weight excluding hydrogens is 396 g/mol. The number of carbonyl (C=O) groups is 2. The first-order chi connectivity index (χ1) is 12.6. The summed E-state index contributed by atoms with van der Waals surface area (Å²) in [6.45, 7) is 1.40. The van der Waals surface area contributed by atoms with Gasteiger partial charge in [0.05, 0.1) is 13.7 Å². The van der Waals surface area contributed by atoms with Crippen molar-refractivity contribution in [1.82, 2.24) is 10.2 Å². The summed E-state index contributed by atoms with van der Waals surface area (Å²) in [6, 6.07) is 15.1. The van der Waals surface area contributed by atoms with Crippen LogP contribution >= 0.6 is 15.9 Å². The Hall–Kier alpha value is -2.34. The van der Waals surface area contributed by atoms with Gasteiger partial charge in [-0.3, -0.25) is 9.59 Å². The molecule has 26 heavy (non-hydrogen) atoms. The number of likely N-dealkylation sites (tertiary alicyclic amines) is 1. The summed E-state index contributed by atoms with van der Waals surface area (Å²) in [5, 5.41) is 2.71. The first kappa shape index (κ1) is 18.5. The van der Waals surface area contributed by atoms with Crippen LogP contribution in [0.3, 0.4) is 0 Å². The molecule has 1 fully saturated rings. The maximum Gasteiger partial charge on any atom is 0.251 e. The molecule has 0 bridgehead atoms. The third-order valence-corrected chi connectivity index (χ3v) is 5.11. The zero-order chi connectivity index (χ0) is 18.5. The van der Waals surface area contributed by atoms with Crippen LogP contribution in [0.5, 0.6) is 5.75 Å². The van der Waals surface area contributed by atoms with E-state index in [1.54, 1.807) is 25.3 Å². The maximum atomic E-state index is 12.4. The Morgan fingerprint density at radius 3 is 2.69 bits per heavy atom. The number of halogens is 1. The highest BCUT2D eigenvalue weighted by molar-refractivity contribution is 9.10. The highest BCUT2D eigenvalue weighted by Gasteiger charge is 2.27. The van der Waals surface area contributed by atoms with E-state index >= 15 is 0 Å². The quantitative estimate of drug-likeness (QED) is 0.813. The Kier molecular flexibility index (Phi) is 5.93. The van der Waals surface area contributed by atoms with Gasteiger partial charge >= 0.3 is 0 Å². The number of methoxy groups -OCH3 is 1. The number of ether oxygens (including phenoxy) is 1. The van der Waals surface area contributed by atoms with Crippen LogP contribution in [0.25, 0.3) is 0 Å². The lowest BCUT2D eigenvalue weighted by molar-refractivity contribution is -0.129. The van der Waals surface area contributed by atoms with Crippen molar-refractivity contribution in [2.75, 3.05) is 26.7 Å². The molecule has 1 aliphatic heterocycles. The van der Waals surface area contributed by atoms with Crippen LogP contribution in [0.4, 0.5) is 0 Å². The van der Waals surface area contributed by atoms with E-state index in [0.717, 1.165) is 16.6 Å². The van der Waals surface area contributed by atoms with Gasteiger partial charge in [0, 0.05) is 29.0 Å². The second kappa shape index (κ2) is 8.36. The Labute approximate surface area is 161 Å². The topological polar surface area (TPSA) is 58.6 Å². The maximum absolute atomic E-state index is 12.4. The minimum Gasteiger partial charge on any atom is -0.497 e. The molecule has 0 spiro atoms. The van der Waals surface area contributed by atoms with Gasteiger partial charge in [-0.1, -0.05) is 34.1 Å². The van der Waals surface area contributed by atoms with Crippen LogP contribution in [0.2, 0.25) is 0 Å². The largest absolute Gasteiger partial charge is 0.497 e. The van der Waals surface area contributed by atoms with Crippen molar-refractivity contribution in [3.8, 4) is 5.75 Å². The van der Waals surface area contributed by atoms with Crippen molar-refractivity contribution in [3.05, 3.63) is 64.1 Å². The highest BCUT2D eigenvalue weighted by atomic mass is 79.9. The van der Waals surface area contributed by atoms with E-state index in [-0.39, 0.29) is 18.4 Å². The molecular formula is C20H21BrN2O3. The number of nitrogens with zero attached hydrogens (tertiary/aromatic N) is 1. The highest BCUT2D eigenvalue weighted by Crippen LogP contribution is 2.28. The number of amides is 2. The molecule has 2 aromatic rings. The average molecular weight is 417 g/mol. The minimum absolute atomic E-state index is 0.0146. The van der Waals surface area contributed by atoms with E-state index in [9.17, 15) is 9.59 Å². The molecule has 0 saturated carbocycles. The normalized spacial score (nSPS) is 16.4.